The van der Waals surface area contributed by atoms with Crippen molar-refractivity contribution in [2.24, 2.45) is 5.92 Å². The van der Waals surface area contributed by atoms with Crippen molar-refractivity contribution in [2.75, 3.05) is 0 Å². The molecule has 2 aliphatic rings. The monoisotopic (exact) mass is 243 g/mol. The molecule has 0 saturated carbocycles. The van der Waals surface area contributed by atoms with Crippen LogP contribution in [-0.2, 0) is 0 Å². The molecule has 2 nitrogen and oxygen atoms in total. The van der Waals surface area contributed by atoms with E-state index in [2.05, 4.69) is 12.2 Å². The van der Waals surface area contributed by atoms with Gasteiger partial charge < -0.3 is 5.32 Å². The number of Topliss-reactive ketones (excluding diaryl/α,β-unsaturated/α-hetero) is 1. The summed E-state index contributed by atoms with van der Waals surface area (Å²) in [5.74, 6) is 0.916. The maximum Gasteiger partial charge on any atom is 0.163 e. The summed E-state index contributed by atoms with van der Waals surface area (Å²) in [6.07, 6.45) is 5.72. The van der Waals surface area contributed by atoms with Crippen molar-refractivity contribution in [3.63, 3.8) is 0 Å². The number of benzene rings is 1. The van der Waals surface area contributed by atoms with E-state index in [1.807, 2.05) is 24.3 Å². The second-order valence-corrected chi connectivity index (χ2v) is 5.97. The van der Waals surface area contributed by atoms with Gasteiger partial charge in [0.1, 0.15) is 0 Å². The Morgan fingerprint density at radius 2 is 1.78 bits per heavy atom. The molecule has 2 heterocycles. The minimum Gasteiger partial charge on any atom is -0.311 e. The molecular weight excluding hydrogens is 222 g/mol. The van der Waals surface area contributed by atoms with Crippen LogP contribution < -0.4 is 5.32 Å². The molecule has 2 saturated heterocycles. The van der Waals surface area contributed by atoms with Crippen LogP contribution in [0.1, 0.15) is 48.0 Å². The van der Waals surface area contributed by atoms with Gasteiger partial charge in [0.2, 0.25) is 0 Å². The Kier molecular flexibility index (Phi) is 3.21. The van der Waals surface area contributed by atoms with Gasteiger partial charge in [0.05, 0.1) is 0 Å². The van der Waals surface area contributed by atoms with Gasteiger partial charge >= 0.3 is 0 Å². The van der Waals surface area contributed by atoms with Gasteiger partial charge in [-0.1, -0.05) is 29.8 Å². The Labute approximate surface area is 109 Å². The van der Waals surface area contributed by atoms with E-state index in [-0.39, 0.29) is 0 Å². The number of ketones is 1. The molecule has 0 spiro atoms. The fraction of sp³-hybridized carbons (Fsp3) is 0.562. The van der Waals surface area contributed by atoms with Crippen LogP contribution in [0, 0.1) is 12.8 Å². The first kappa shape index (κ1) is 11.9. The molecule has 2 unspecified atom stereocenters. The molecule has 2 fully saturated rings. The van der Waals surface area contributed by atoms with E-state index < -0.39 is 0 Å². The molecule has 1 N–H and O–H groups in total. The first-order valence-electron chi connectivity index (χ1n) is 7.06. The van der Waals surface area contributed by atoms with Crippen LogP contribution in [-0.4, -0.2) is 17.9 Å². The number of carbonyl (C=O) groups excluding carboxylic acids is 1. The zero-order chi connectivity index (χ0) is 12.5. The summed E-state index contributed by atoms with van der Waals surface area (Å²) in [5.41, 5.74) is 2.10. The first-order chi connectivity index (χ1) is 8.70. The summed E-state index contributed by atoms with van der Waals surface area (Å²) in [6.45, 7) is 2.05. The van der Waals surface area contributed by atoms with Crippen LogP contribution in [0.25, 0.3) is 0 Å². The largest absolute Gasteiger partial charge is 0.311 e. The van der Waals surface area contributed by atoms with Crippen LogP contribution in [0.5, 0.6) is 0 Å². The summed E-state index contributed by atoms with van der Waals surface area (Å²) in [4.78, 5) is 12.2. The summed E-state index contributed by atoms with van der Waals surface area (Å²) in [5, 5.41) is 3.63. The fourth-order valence-electron chi connectivity index (χ4n) is 3.46. The van der Waals surface area contributed by atoms with Crippen molar-refractivity contribution in [3.8, 4) is 0 Å². The van der Waals surface area contributed by atoms with Crippen LogP contribution in [0.2, 0.25) is 0 Å². The molecule has 1 aromatic rings. The molecule has 0 amide bonds. The molecular formula is C16H21NO. The zero-order valence-electron chi connectivity index (χ0n) is 11.0. The maximum absolute atomic E-state index is 12.2. The minimum absolute atomic E-state index is 0.321. The highest BCUT2D eigenvalue weighted by molar-refractivity contribution is 5.96. The Morgan fingerprint density at radius 3 is 2.39 bits per heavy atom. The number of carbonyl (C=O) groups is 1. The number of hydrogen-bond acceptors (Lipinski definition) is 2. The predicted molar refractivity (Wildman–Crippen MR) is 72.8 cm³/mol. The third-order valence-corrected chi connectivity index (χ3v) is 4.42. The van der Waals surface area contributed by atoms with Crippen LogP contribution in [0.15, 0.2) is 24.3 Å². The highest BCUT2D eigenvalue weighted by Gasteiger charge is 2.34. The number of nitrogens with one attached hydrogen (secondary N) is 1. The average molecular weight is 243 g/mol. The molecule has 0 aliphatic carbocycles. The smallest absolute Gasteiger partial charge is 0.163 e. The van der Waals surface area contributed by atoms with Gasteiger partial charge in [0.25, 0.3) is 0 Å². The summed E-state index contributed by atoms with van der Waals surface area (Å²) >= 11 is 0. The standard InChI is InChI=1S/C16H21NO/c1-11-2-4-13(5-3-11)16(18)10-12-8-14-6-7-15(9-12)17-14/h2-5,12,14-15,17H,6-10H2,1H3. The van der Waals surface area contributed by atoms with E-state index in [1.54, 1.807) is 0 Å². The molecule has 96 valence electrons. The van der Waals surface area contributed by atoms with Gasteiger partial charge in [-0.05, 0) is 38.5 Å². The number of fused-ring (bicyclic) bond motifs is 2. The van der Waals surface area contributed by atoms with Gasteiger partial charge in [0, 0.05) is 24.1 Å². The van der Waals surface area contributed by atoms with Crippen molar-refractivity contribution in [1.82, 2.24) is 5.32 Å². The third-order valence-electron chi connectivity index (χ3n) is 4.42. The van der Waals surface area contributed by atoms with Crippen LogP contribution in [0.3, 0.4) is 0 Å². The van der Waals surface area contributed by atoms with E-state index in [4.69, 9.17) is 0 Å². The Balaban J connectivity index is 1.62. The number of rotatable bonds is 3. The average Bonchev–Trinajstić information content (AvgIpc) is 2.69. The molecule has 0 radical (unpaired) electrons. The quantitative estimate of drug-likeness (QED) is 0.826. The molecule has 2 heteroatoms. The van der Waals surface area contributed by atoms with E-state index in [0.717, 1.165) is 12.0 Å². The summed E-state index contributed by atoms with van der Waals surface area (Å²) in [7, 11) is 0. The molecule has 18 heavy (non-hydrogen) atoms. The fourth-order valence-corrected chi connectivity index (χ4v) is 3.46. The van der Waals surface area contributed by atoms with Crippen LogP contribution >= 0.6 is 0 Å². The molecule has 2 bridgehead atoms. The van der Waals surface area contributed by atoms with E-state index in [9.17, 15) is 4.79 Å². The number of aryl methyl sites for hydroxylation is 1. The zero-order valence-corrected chi connectivity index (χ0v) is 11.0. The van der Waals surface area contributed by atoms with Crippen molar-refractivity contribution in [2.45, 2.75) is 51.1 Å². The van der Waals surface area contributed by atoms with Gasteiger partial charge in [-0.3, -0.25) is 4.79 Å². The lowest BCUT2D eigenvalue weighted by Gasteiger charge is -2.28. The van der Waals surface area contributed by atoms with Gasteiger partial charge in [-0.2, -0.15) is 0 Å². The highest BCUT2D eigenvalue weighted by Crippen LogP contribution is 2.33. The van der Waals surface area contributed by atoms with Gasteiger partial charge in [-0.15, -0.1) is 0 Å². The summed E-state index contributed by atoms with van der Waals surface area (Å²) in [6, 6.07) is 9.35. The second kappa shape index (κ2) is 4.85. The van der Waals surface area contributed by atoms with Crippen LogP contribution in [0.4, 0.5) is 0 Å². The second-order valence-electron chi connectivity index (χ2n) is 5.97. The molecule has 1 aromatic carbocycles. The minimum atomic E-state index is 0.321. The number of piperidine rings is 1. The first-order valence-corrected chi connectivity index (χ1v) is 7.06. The Hall–Kier alpha value is -1.15. The Morgan fingerprint density at radius 1 is 1.17 bits per heavy atom. The SMILES string of the molecule is Cc1ccc(C(=O)CC2CC3CCC(C2)N3)cc1. The van der Waals surface area contributed by atoms with Gasteiger partial charge in [-0.25, -0.2) is 0 Å². The van der Waals surface area contributed by atoms with E-state index in [1.165, 1.54) is 31.2 Å². The lowest BCUT2D eigenvalue weighted by atomic mass is 9.87. The predicted octanol–water partition coefficient (Wildman–Crippen LogP) is 3.10. The molecule has 2 atom stereocenters. The molecule has 2 aliphatic heterocycles. The van der Waals surface area contributed by atoms with Crippen molar-refractivity contribution < 1.29 is 4.79 Å². The van der Waals surface area contributed by atoms with Crippen molar-refractivity contribution >= 4 is 5.78 Å². The lowest BCUT2D eigenvalue weighted by molar-refractivity contribution is 0.0945. The molecule has 3 rings (SSSR count). The Bertz CT molecular complexity index is 425. The highest BCUT2D eigenvalue weighted by atomic mass is 16.1. The topological polar surface area (TPSA) is 29.1 Å². The number of hydrogen-bond donors (Lipinski definition) is 1. The molecule has 0 aromatic heterocycles. The van der Waals surface area contributed by atoms with Gasteiger partial charge in [0.15, 0.2) is 5.78 Å². The summed E-state index contributed by atoms with van der Waals surface area (Å²) < 4.78 is 0. The van der Waals surface area contributed by atoms with E-state index >= 15 is 0 Å². The van der Waals surface area contributed by atoms with E-state index in [0.29, 0.717) is 23.8 Å². The lowest BCUT2D eigenvalue weighted by Crippen LogP contribution is -2.38. The normalized spacial score (nSPS) is 30.4. The maximum atomic E-state index is 12.2. The third kappa shape index (κ3) is 2.49. The van der Waals surface area contributed by atoms with Crippen molar-refractivity contribution in [3.05, 3.63) is 35.4 Å². The van der Waals surface area contributed by atoms with Crippen molar-refractivity contribution in [1.29, 1.82) is 0 Å².